The van der Waals surface area contributed by atoms with Gasteiger partial charge >= 0.3 is 0 Å². The molecule has 0 aliphatic carbocycles. The zero-order chi connectivity index (χ0) is 18.8. The number of carbonyl (C=O) groups excluding carboxylic acids is 1. The van der Waals surface area contributed by atoms with Crippen molar-refractivity contribution in [3.8, 4) is 0 Å². The Balaban J connectivity index is 1.42. The third-order valence-corrected chi connectivity index (χ3v) is 5.07. The Kier molecular flexibility index (Phi) is 4.73. The summed E-state index contributed by atoms with van der Waals surface area (Å²) < 4.78 is 0. The van der Waals surface area contributed by atoms with Crippen LogP contribution in [0.15, 0.2) is 53.3 Å². The quantitative estimate of drug-likeness (QED) is 0.710. The number of H-pyrrole nitrogens is 1. The van der Waals surface area contributed by atoms with Crippen LogP contribution in [0, 0.1) is 0 Å². The number of hydrogen-bond donors (Lipinski definition) is 2. The van der Waals surface area contributed by atoms with Crippen LogP contribution in [-0.2, 0) is 24.3 Å². The normalized spacial score (nSPS) is 14.8. The van der Waals surface area contributed by atoms with Crippen molar-refractivity contribution in [3.63, 3.8) is 0 Å². The number of rotatable bonds is 4. The van der Waals surface area contributed by atoms with Gasteiger partial charge in [-0.2, -0.15) is 0 Å². The summed E-state index contributed by atoms with van der Waals surface area (Å²) in [7, 11) is 1.95. The van der Waals surface area contributed by atoms with Crippen LogP contribution in [0.4, 0.5) is 0 Å². The number of aromatic amines is 1. The smallest absolute Gasteiger partial charge is 0.278 e. The number of nitrogens with one attached hydrogen (secondary N) is 2. The molecule has 0 saturated heterocycles. The summed E-state index contributed by atoms with van der Waals surface area (Å²) in [5.74, 6) is 0.734. The van der Waals surface area contributed by atoms with Gasteiger partial charge in [0.1, 0.15) is 6.54 Å². The molecule has 0 radical (unpaired) electrons. The first-order valence-corrected chi connectivity index (χ1v) is 9.24. The monoisotopic (exact) mass is 363 g/mol. The van der Waals surface area contributed by atoms with Crippen molar-refractivity contribution in [2.45, 2.75) is 19.5 Å². The molecule has 0 bridgehead atoms. The predicted octanol–water partition coefficient (Wildman–Crippen LogP) is 0.523. The van der Waals surface area contributed by atoms with Gasteiger partial charge in [0.15, 0.2) is 12.4 Å². The van der Waals surface area contributed by atoms with Gasteiger partial charge in [0.2, 0.25) is 0 Å². The Hall–Kier alpha value is -2.99. The summed E-state index contributed by atoms with van der Waals surface area (Å²) in [4.78, 5) is 35.2. The maximum atomic E-state index is 12.7. The third-order valence-electron chi connectivity index (χ3n) is 5.07. The molecule has 4 rings (SSSR count). The van der Waals surface area contributed by atoms with E-state index >= 15 is 0 Å². The number of likely N-dealkylation sites (N-methyl/N-ethyl adjacent to an activating group) is 1. The van der Waals surface area contributed by atoms with Gasteiger partial charge in [-0.25, -0.2) is 4.98 Å². The maximum Gasteiger partial charge on any atom is 0.278 e. The lowest BCUT2D eigenvalue weighted by molar-refractivity contribution is -0.886. The third kappa shape index (κ3) is 3.75. The Morgan fingerprint density at radius 1 is 1.15 bits per heavy atom. The Bertz CT molecular complexity index is 1040. The topological polar surface area (TPSA) is 70.5 Å². The van der Waals surface area contributed by atoms with Gasteiger partial charge in [0, 0.05) is 13.1 Å². The molecule has 27 heavy (non-hydrogen) atoms. The number of nitrogens with zero attached hydrogens (tertiary/aromatic N) is 2. The summed E-state index contributed by atoms with van der Waals surface area (Å²) in [5.41, 5.74) is 3.11. The molecule has 0 spiro atoms. The first-order chi connectivity index (χ1) is 13.1. The van der Waals surface area contributed by atoms with Crippen molar-refractivity contribution < 1.29 is 9.69 Å². The van der Waals surface area contributed by atoms with Crippen LogP contribution in [-0.4, -0.2) is 40.9 Å². The van der Waals surface area contributed by atoms with Crippen LogP contribution in [0.1, 0.15) is 17.0 Å². The highest BCUT2D eigenvalue weighted by Crippen LogP contribution is 2.18. The molecule has 3 aromatic rings. The zero-order valence-corrected chi connectivity index (χ0v) is 15.4. The van der Waals surface area contributed by atoms with E-state index in [0.29, 0.717) is 36.4 Å². The highest BCUT2D eigenvalue weighted by Gasteiger charge is 2.23. The summed E-state index contributed by atoms with van der Waals surface area (Å²) in [6, 6.07) is 15.6. The van der Waals surface area contributed by atoms with Crippen molar-refractivity contribution in [1.82, 2.24) is 14.9 Å². The van der Waals surface area contributed by atoms with Crippen LogP contribution in [0.2, 0.25) is 0 Å². The molecule has 1 aliphatic rings. The molecule has 2 N–H and O–H groups in total. The van der Waals surface area contributed by atoms with Crippen LogP contribution in [0.25, 0.3) is 10.9 Å². The molecular weight excluding hydrogens is 340 g/mol. The second-order valence-corrected chi connectivity index (χ2v) is 7.17. The number of amides is 1. The van der Waals surface area contributed by atoms with Gasteiger partial charge in [0.25, 0.3) is 11.5 Å². The average molecular weight is 363 g/mol. The van der Waals surface area contributed by atoms with Crippen molar-refractivity contribution in [1.29, 1.82) is 0 Å². The summed E-state index contributed by atoms with van der Waals surface area (Å²) in [6.07, 6.45) is 0.903. The summed E-state index contributed by atoms with van der Waals surface area (Å²) in [6.45, 7) is 2.30. The van der Waals surface area contributed by atoms with Crippen LogP contribution in [0.3, 0.4) is 0 Å². The molecule has 0 saturated carbocycles. The van der Waals surface area contributed by atoms with Gasteiger partial charge in [-0.15, -0.1) is 0 Å². The van der Waals surface area contributed by atoms with E-state index < -0.39 is 0 Å². The van der Waals surface area contributed by atoms with Crippen LogP contribution < -0.4 is 10.5 Å². The Morgan fingerprint density at radius 3 is 2.74 bits per heavy atom. The Morgan fingerprint density at radius 2 is 1.89 bits per heavy atom. The fraction of sp³-hybridized carbons (Fsp3) is 0.286. The van der Waals surface area contributed by atoms with Crippen LogP contribution in [0.5, 0.6) is 0 Å². The molecule has 1 aliphatic heterocycles. The van der Waals surface area contributed by atoms with Gasteiger partial charge in [-0.05, 0) is 29.7 Å². The van der Waals surface area contributed by atoms with E-state index in [1.165, 1.54) is 11.1 Å². The number of quaternary nitrogens is 1. The number of carbonyl (C=O) groups is 1. The summed E-state index contributed by atoms with van der Waals surface area (Å²) >= 11 is 0. The van der Waals surface area contributed by atoms with Crippen LogP contribution >= 0.6 is 0 Å². The lowest BCUT2D eigenvalue weighted by atomic mass is 10.00. The second-order valence-electron chi connectivity index (χ2n) is 7.17. The first kappa shape index (κ1) is 17.4. The largest absolute Gasteiger partial charge is 0.333 e. The molecule has 6 heteroatoms. The molecule has 138 valence electrons. The SMILES string of the molecule is C[NH+](CC(=O)N1CCc2ccccc2C1)Cc1nc2ccccc2c(=O)[nH]1. The van der Waals surface area contributed by atoms with E-state index in [1.54, 1.807) is 6.07 Å². The molecule has 6 nitrogen and oxygen atoms in total. The molecule has 2 aromatic carbocycles. The predicted molar refractivity (Wildman–Crippen MR) is 103 cm³/mol. The maximum absolute atomic E-state index is 12.7. The molecule has 1 unspecified atom stereocenters. The first-order valence-electron chi connectivity index (χ1n) is 9.24. The van der Waals surface area contributed by atoms with Crippen molar-refractivity contribution in [3.05, 3.63) is 75.8 Å². The Labute approximate surface area is 157 Å². The van der Waals surface area contributed by atoms with Crippen molar-refractivity contribution >= 4 is 16.8 Å². The van der Waals surface area contributed by atoms with Crippen molar-refractivity contribution in [2.75, 3.05) is 20.1 Å². The number of aromatic nitrogens is 2. The van der Waals surface area contributed by atoms with Gasteiger partial charge in [0.05, 0.1) is 18.0 Å². The summed E-state index contributed by atoms with van der Waals surface area (Å²) in [5, 5.41) is 0.585. The fourth-order valence-electron chi connectivity index (χ4n) is 3.65. The molecule has 1 atom stereocenters. The number of fused-ring (bicyclic) bond motifs is 2. The van der Waals surface area contributed by atoms with E-state index in [-0.39, 0.29) is 11.5 Å². The molecular formula is C21H23N4O2+. The van der Waals surface area contributed by atoms with Gasteiger partial charge < -0.3 is 14.8 Å². The van der Waals surface area contributed by atoms with Crippen molar-refractivity contribution in [2.24, 2.45) is 0 Å². The van der Waals surface area contributed by atoms with E-state index in [2.05, 4.69) is 22.1 Å². The molecule has 1 amide bonds. The van der Waals surface area contributed by atoms with E-state index in [4.69, 9.17) is 0 Å². The lowest BCUT2D eigenvalue weighted by Crippen LogP contribution is -3.09. The van der Waals surface area contributed by atoms with E-state index in [0.717, 1.165) is 17.9 Å². The minimum absolute atomic E-state index is 0.130. The lowest BCUT2D eigenvalue weighted by Gasteiger charge is -2.29. The standard InChI is InChI=1S/C21H22N4O2/c1-24(13-19-22-18-9-5-4-8-17(18)21(27)23-19)14-20(26)25-11-10-15-6-2-3-7-16(15)12-25/h2-9H,10-14H2,1H3,(H,22,23,27)/p+1. The minimum Gasteiger partial charge on any atom is -0.333 e. The fourth-order valence-corrected chi connectivity index (χ4v) is 3.65. The molecule has 1 aromatic heterocycles. The average Bonchev–Trinajstić information content (AvgIpc) is 2.67. The van der Waals surface area contributed by atoms with Gasteiger partial charge in [-0.3, -0.25) is 9.59 Å². The van der Waals surface area contributed by atoms with Gasteiger partial charge in [-0.1, -0.05) is 36.4 Å². The highest BCUT2D eigenvalue weighted by molar-refractivity contribution is 5.78. The zero-order valence-electron chi connectivity index (χ0n) is 15.4. The second kappa shape index (κ2) is 7.32. The molecule has 0 fully saturated rings. The van der Waals surface area contributed by atoms with E-state index in [9.17, 15) is 9.59 Å². The number of benzene rings is 2. The number of para-hydroxylation sites is 1. The highest BCUT2D eigenvalue weighted by atomic mass is 16.2. The van der Waals surface area contributed by atoms with E-state index in [1.807, 2.05) is 42.3 Å². The number of hydrogen-bond acceptors (Lipinski definition) is 3. The molecule has 2 heterocycles. The minimum atomic E-state index is -0.137.